The number of methoxy groups -OCH3 is 1. The first-order valence-electron chi connectivity index (χ1n) is 7.10. The van der Waals surface area contributed by atoms with Gasteiger partial charge in [0.1, 0.15) is 6.33 Å². The largest absolute Gasteiger partial charge is 0.490 e. The molecule has 0 amide bonds. The lowest BCUT2D eigenvalue weighted by atomic mass is 10.1. The highest BCUT2D eigenvalue weighted by Crippen LogP contribution is 2.33. The molecule has 1 fully saturated rings. The Hall–Kier alpha value is -1.52. The van der Waals surface area contributed by atoms with Crippen LogP contribution < -0.4 is 15.0 Å². The monoisotopic (exact) mass is 264 g/mol. The van der Waals surface area contributed by atoms with E-state index in [1.54, 1.807) is 13.4 Å². The van der Waals surface area contributed by atoms with E-state index in [1.807, 2.05) is 6.92 Å². The van der Waals surface area contributed by atoms with Crippen molar-refractivity contribution in [2.75, 3.05) is 37.5 Å². The minimum Gasteiger partial charge on any atom is -0.490 e. The van der Waals surface area contributed by atoms with Crippen LogP contribution in [0.2, 0.25) is 0 Å². The maximum absolute atomic E-state index is 5.49. The summed E-state index contributed by atoms with van der Waals surface area (Å²) in [5.74, 6) is 3.17. The molecule has 1 aliphatic carbocycles. The highest BCUT2D eigenvalue weighted by Gasteiger charge is 2.21. The van der Waals surface area contributed by atoms with Gasteiger partial charge >= 0.3 is 0 Å². The van der Waals surface area contributed by atoms with E-state index in [-0.39, 0.29) is 0 Å². The van der Waals surface area contributed by atoms with Gasteiger partial charge in [0.15, 0.2) is 11.6 Å². The SMILES string of the molecule is CCNc1ncnc(N(C)CC2CCCC2)c1OC. The Kier molecular flexibility index (Phi) is 4.82. The molecule has 0 spiro atoms. The van der Waals surface area contributed by atoms with Gasteiger partial charge in [0.25, 0.3) is 0 Å². The smallest absolute Gasteiger partial charge is 0.204 e. The van der Waals surface area contributed by atoms with Crippen LogP contribution in [0.15, 0.2) is 6.33 Å². The molecular weight excluding hydrogens is 240 g/mol. The van der Waals surface area contributed by atoms with E-state index in [4.69, 9.17) is 4.74 Å². The topological polar surface area (TPSA) is 50.3 Å². The normalized spacial score (nSPS) is 15.5. The maximum atomic E-state index is 5.49. The summed E-state index contributed by atoms with van der Waals surface area (Å²) in [6, 6.07) is 0. The Morgan fingerprint density at radius 1 is 1.37 bits per heavy atom. The molecule has 1 N–H and O–H groups in total. The lowest BCUT2D eigenvalue weighted by Gasteiger charge is -2.24. The summed E-state index contributed by atoms with van der Waals surface area (Å²) < 4.78 is 5.49. The van der Waals surface area contributed by atoms with Gasteiger partial charge in [-0.25, -0.2) is 9.97 Å². The zero-order valence-corrected chi connectivity index (χ0v) is 12.1. The van der Waals surface area contributed by atoms with Crippen molar-refractivity contribution in [3.63, 3.8) is 0 Å². The molecule has 0 unspecified atom stereocenters. The van der Waals surface area contributed by atoms with Crippen LogP contribution in [0.25, 0.3) is 0 Å². The van der Waals surface area contributed by atoms with E-state index in [0.717, 1.165) is 36.4 Å². The summed E-state index contributed by atoms with van der Waals surface area (Å²) in [6.07, 6.45) is 6.99. The van der Waals surface area contributed by atoms with Crippen LogP contribution in [0, 0.1) is 5.92 Å². The molecule has 1 aliphatic rings. The second-order valence-electron chi connectivity index (χ2n) is 5.14. The molecule has 1 aromatic rings. The highest BCUT2D eigenvalue weighted by atomic mass is 16.5. The van der Waals surface area contributed by atoms with Crippen molar-refractivity contribution < 1.29 is 4.74 Å². The molecule has 1 aromatic heterocycles. The highest BCUT2D eigenvalue weighted by molar-refractivity contribution is 5.64. The third kappa shape index (κ3) is 3.28. The number of nitrogens with zero attached hydrogens (tertiary/aromatic N) is 3. The molecule has 0 bridgehead atoms. The van der Waals surface area contributed by atoms with Gasteiger partial charge in [-0.3, -0.25) is 0 Å². The van der Waals surface area contributed by atoms with Crippen LogP contribution in [-0.2, 0) is 0 Å². The van der Waals surface area contributed by atoms with Crippen LogP contribution >= 0.6 is 0 Å². The number of anilines is 2. The Labute approximate surface area is 115 Å². The third-order valence-electron chi connectivity index (χ3n) is 3.70. The number of nitrogens with one attached hydrogen (secondary N) is 1. The van der Waals surface area contributed by atoms with Crippen molar-refractivity contribution in [2.45, 2.75) is 32.6 Å². The number of rotatable bonds is 6. The Bertz CT molecular complexity index is 404. The fraction of sp³-hybridized carbons (Fsp3) is 0.714. The molecule has 0 aliphatic heterocycles. The molecule has 0 aromatic carbocycles. The van der Waals surface area contributed by atoms with Crippen LogP contribution in [0.3, 0.4) is 0 Å². The van der Waals surface area contributed by atoms with Gasteiger partial charge in [-0.15, -0.1) is 0 Å². The van der Waals surface area contributed by atoms with Crippen LogP contribution in [-0.4, -0.2) is 37.2 Å². The fourth-order valence-corrected chi connectivity index (χ4v) is 2.78. The zero-order valence-electron chi connectivity index (χ0n) is 12.1. The number of hydrogen-bond donors (Lipinski definition) is 1. The van der Waals surface area contributed by atoms with Gasteiger partial charge in [-0.2, -0.15) is 0 Å². The Morgan fingerprint density at radius 3 is 2.74 bits per heavy atom. The van der Waals surface area contributed by atoms with Crippen molar-refractivity contribution >= 4 is 11.6 Å². The van der Waals surface area contributed by atoms with Gasteiger partial charge in [-0.05, 0) is 25.7 Å². The molecule has 5 nitrogen and oxygen atoms in total. The summed E-state index contributed by atoms with van der Waals surface area (Å²) in [7, 11) is 3.76. The van der Waals surface area contributed by atoms with Gasteiger partial charge in [0.2, 0.25) is 5.75 Å². The average molecular weight is 264 g/mol. The van der Waals surface area contributed by atoms with Gasteiger partial charge in [0.05, 0.1) is 7.11 Å². The summed E-state index contributed by atoms with van der Waals surface area (Å²) in [6.45, 7) is 3.90. The summed E-state index contributed by atoms with van der Waals surface area (Å²) in [5.41, 5.74) is 0. The predicted molar refractivity (Wildman–Crippen MR) is 78.0 cm³/mol. The zero-order chi connectivity index (χ0) is 13.7. The molecule has 1 saturated carbocycles. The minimum absolute atomic E-state index is 0.741. The van der Waals surface area contributed by atoms with Gasteiger partial charge in [0, 0.05) is 20.1 Å². The van der Waals surface area contributed by atoms with Gasteiger partial charge in [-0.1, -0.05) is 12.8 Å². The minimum atomic E-state index is 0.741. The quantitative estimate of drug-likeness (QED) is 0.855. The molecule has 2 rings (SSSR count). The molecule has 106 valence electrons. The number of aromatic nitrogens is 2. The lowest BCUT2D eigenvalue weighted by molar-refractivity contribution is 0.411. The first kappa shape index (κ1) is 13.9. The average Bonchev–Trinajstić information content (AvgIpc) is 2.91. The second-order valence-corrected chi connectivity index (χ2v) is 5.14. The van der Waals surface area contributed by atoms with Crippen LogP contribution in [0.5, 0.6) is 5.75 Å². The van der Waals surface area contributed by atoms with Crippen molar-refractivity contribution in [1.29, 1.82) is 0 Å². The molecule has 0 radical (unpaired) electrons. The van der Waals surface area contributed by atoms with E-state index >= 15 is 0 Å². The predicted octanol–water partition coefficient (Wildman–Crippen LogP) is 2.54. The van der Waals surface area contributed by atoms with E-state index in [9.17, 15) is 0 Å². The molecule has 1 heterocycles. The Balaban J connectivity index is 2.14. The molecular formula is C14H24N4O. The molecule has 0 saturated heterocycles. The van der Waals surface area contributed by atoms with Crippen molar-refractivity contribution in [3.05, 3.63) is 6.33 Å². The summed E-state index contributed by atoms with van der Waals surface area (Å²) in [4.78, 5) is 10.8. The van der Waals surface area contributed by atoms with E-state index < -0.39 is 0 Å². The van der Waals surface area contributed by atoms with E-state index in [2.05, 4.69) is 27.2 Å². The third-order valence-corrected chi connectivity index (χ3v) is 3.70. The molecule has 0 atom stereocenters. The van der Waals surface area contributed by atoms with Crippen molar-refractivity contribution in [2.24, 2.45) is 5.92 Å². The number of hydrogen-bond acceptors (Lipinski definition) is 5. The summed E-state index contributed by atoms with van der Waals surface area (Å²) in [5, 5.41) is 3.21. The number of ether oxygens (including phenoxy) is 1. The van der Waals surface area contributed by atoms with Crippen molar-refractivity contribution in [1.82, 2.24) is 9.97 Å². The van der Waals surface area contributed by atoms with Gasteiger partial charge < -0.3 is 15.0 Å². The van der Waals surface area contributed by atoms with Crippen LogP contribution in [0.4, 0.5) is 11.6 Å². The van der Waals surface area contributed by atoms with Crippen molar-refractivity contribution in [3.8, 4) is 5.75 Å². The Morgan fingerprint density at radius 2 is 2.11 bits per heavy atom. The van der Waals surface area contributed by atoms with E-state index in [0.29, 0.717) is 0 Å². The molecule has 19 heavy (non-hydrogen) atoms. The maximum Gasteiger partial charge on any atom is 0.204 e. The molecule has 5 heteroatoms. The second kappa shape index (κ2) is 6.59. The first-order valence-corrected chi connectivity index (χ1v) is 7.10. The standard InChI is InChI=1S/C14H24N4O/c1-4-15-13-12(19-3)14(17-10-16-13)18(2)9-11-7-5-6-8-11/h10-11H,4-9H2,1-3H3,(H,15,16,17). The van der Waals surface area contributed by atoms with Crippen LogP contribution in [0.1, 0.15) is 32.6 Å². The lowest BCUT2D eigenvalue weighted by Crippen LogP contribution is -2.25. The first-order chi connectivity index (χ1) is 9.26. The fourth-order valence-electron chi connectivity index (χ4n) is 2.78. The van der Waals surface area contributed by atoms with E-state index in [1.165, 1.54) is 25.7 Å². The summed E-state index contributed by atoms with van der Waals surface area (Å²) >= 11 is 0.